The molecule has 0 unspecified atom stereocenters. The average Bonchev–Trinajstić information content (AvgIpc) is 2.19. The highest BCUT2D eigenvalue weighted by molar-refractivity contribution is 5.43. The fraction of sp³-hybridized carbons (Fsp3) is 0.538. The molecule has 1 nitrogen and oxygen atoms in total. The van der Waals surface area contributed by atoms with Gasteiger partial charge in [-0.25, -0.2) is 0 Å². The first kappa shape index (κ1) is 9.57. The maximum atomic E-state index is 3.61. The van der Waals surface area contributed by atoms with Crippen LogP contribution in [-0.4, -0.2) is 6.04 Å². The molecule has 1 saturated carbocycles. The van der Waals surface area contributed by atoms with E-state index < -0.39 is 0 Å². The minimum atomic E-state index is 0.696. The van der Waals surface area contributed by atoms with Crippen LogP contribution in [0.5, 0.6) is 0 Å². The highest BCUT2D eigenvalue weighted by Crippen LogP contribution is 2.25. The lowest BCUT2D eigenvalue weighted by molar-refractivity contribution is 0.358. The van der Waals surface area contributed by atoms with Crippen molar-refractivity contribution in [3.8, 4) is 0 Å². The van der Waals surface area contributed by atoms with Crippen molar-refractivity contribution in [3.05, 3.63) is 30.3 Å². The van der Waals surface area contributed by atoms with Gasteiger partial charge in [-0.1, -0.05) is 38.0 Å². The lowest BCUT2D eigenvalue weighted by Gasteiger charge is -2.28. The minimum Gasteiger partial charge on any atom is -0.382 e. The molecule has 0 amide bonds. The summed E-state index contributed by atoms with van der Waals surface area (Å²) in [5.41, 5.74) is 1.27. The third kappa shape index (κ3) is 2.50. The smallest absolute Gasteiger partial charge is 0.0342 e. The fourth-order valence-electron chi connectivity index (χ4n) is 2.34. The molecule has 1 aromatic rings. The lowest BCUT2D eigenvalue weighted by atomic mass is 9.87. The van der Waals surface area contributed by atoms with Gasteiger partial charge in [0.1, 0.15) is 0 Å². The van der Waals surface area contributed by atoms with Crippen molar-refractivity contribution in [2.45, 2.75) is 38.6 Å². The van der Waals surface area contributed by atoms with Crippen LogP contribution in [0.15, 0.2) is 30.3 Å². The van der Waals surface area contributed by atoms with Gasteiger partial charge in [0.25, 0.3) is 0 Å². The van der Waals surface area contributed by atoms with Gasteiger partial charge in [0, 0.05) is 11.7 Å². The van der Waals surface area contributed by atoms with E-state index in [4.69, 9.17) is 0 Å². The van der Waals surface area contributed by atoms with Gasteiger partial charge in [-0.2, -0.15) is 0 Å². The largest absolute Gasteiger partial charge is 0.382 e. The second-order valence-electron chi connectivity index (χ2n) is 4.48. The van der Waals surface area contributed by atoms with Crippen LogP contribution in [0.25, 0.3) is 0 Å². The fourth-order valence-corrected chi connectivity index (χ4v) is 2.34. The minimum absolute atomic E-state index is 0.696. The van der Waals surface area contributed by atoms with Gasteiger partial charge >= 0.3 is 0 Å². The predicted molar refractivity (Wildman–Crippen MR) is 61.5 cm³/mol. The Balaban J connectivity index is 1.91. The summed E-state index contributed by atoms with van der Waals surface area (Å²) in [7, 11) is 0. The second kappa shape index (κ2) is 4.50. The van der Waals surface area contributed by atoms with Gasteiger partial charge in [0.15, 0.2) is 0 Å². The van der Waals surface area contributed by atoms with Crippen LogP contribution in [-0.2, 0) is 0 Å². The van der Waals surface area contributed by atoms with Gasteiger partial charge in [0.05, 0.1) is 0 Å². The number of nitrogens with one attached hydrogen (secondary N) is 1. The first-order valence-electron chi connectivity index (χ1n) is 5.66. The Morgan fingerprint density at radius 2 is 1.93 bits per heavy atom. The molecule has 2 rings (SSSR count). The van der Waals surface area contributed by atoms with Gasteiger partial charge in [0.2, 0.25) is 0 Å². The molecule has 0 aliphatic heterocycles. The van der Waals surface area contributed by atoms with E-state index in [2.05, 4.69) is 42.6 Å². The monoisotopic (exact) mass is 189 g/mol. The maximum absolute atomic E-state index is 3.61. The van der Waals surface area contributed by atoms with Gasteiger partial charge in [-0.15, -0.1) is 0 Å². The standard InChI is InChI=1S/C13H19N/c1-11-6-5-9-13(10-11)14-12-7-3-2-4-8-12/h2-4,7-8,11,13-14H,5-6,9-10H2,1H3/t11-,13+/m1/s1. The molecule has 0 heterocycles. The molecule has 1 aliphatic rings. The Hall–Kier alpha value is -0.980. The number of anilines is 1. The van der Waals surface area contributed by atoms with E-state index in [-0.39, 0.29) is 0 Å². The van der Waals surface area contributed by atoms with E-state index in [1.54, 1.807) is 0 Å². The summed E-state index contributed by atoms with van der Waals surface area (Å²) < 4.78 is 0. The predicted octanol–water partition coefficient (Wildman–Crippen LogP) is 3.68. The number of para-hydroxylation sites is 1. The van der Waals surface area contributed by atoms with E-state index in [1.165, 1.54) is 31.4 Å². The molecule has 76 valence electrons. The second-order valence-corrected chi connectivity index (χ2v) is 4.48. The van der Waals surface area contributed by atoms with Crippen molar-refractivity contribution in [2.24, 2.45) is 5.92 Å². The lowest BCUT2D eigenvalue weighted by Crippen LogP contribution is -2.26. The summed E-state index contributed by atoms with van der Waals surface area (Å²) in [5, 5.41) is 3.61. The topological polar surface area (TPSA) is 12.0 Å². The van der Waals surface area contributed by atoms with Crippen LogP contribution >= 0.6 is 0 Å². The summed E-state index contributed by atoms with van der Waals surface area (Å²) in [6, 6.07) is 11.2. The molecule has 0 aromatic heterocycles. The van der Waals surface area contributed by atoms with Crippen molar-refractivity contribution in [1.82, 2.24) is 0 Å². The molecule has 1 N–H and O–H groups in total. The van der Waals surface area contributed by atoms with Gasteiger partial charge < -0.3 is 5.32 Å². The van der Waals surface area contributed by atoms with E-state index in [9.17, 15) is 0 Å². The van der Waals surface area contributed by atoms with Gasteiger partial charge in [-0.05, 0) is 30.9 Å². The van der Waals surface area contributed by atoms with Crippen LogP contribution in [0.2, 0.25) is 0 Å². The zero-order valence-electron chi connectivity index (χ0n) is 8.87. The van der Waals surface area contributed by atoms with Crippen molar-refractivity contribution in [3.63, 3.8) is 0 Å². The maximum Gasteiger partial charge on any atom is 0.0342 e. The van der Waals surface area contributed by atoms with Crippen LogP contribution < -0.4 is 5.32 Å². The summed E-state index contributed by atoms with van der Waals surface area (Å²) in [5.74, 6) is 0.893. The average molecular weight is 189 g/mol. The van der Waals surface area contributed by atoms with Crippen LogP contribution in [0.4, 0.5) is 5.69 Å². The molecule has 1 fully saturated rings. The first-order valence-corrected chi connectivity index (χ1v) is 5.66. The van der Waals surface area contributed by atoms with Crippen molar-refractivity contribution in [2.75, 3.05) is 5.32 Å². The quantitative estimate of drug-likeness (QED) is 0.748. The number of benzene rings is 1. The number of rotatable bonds is 2. The van der Waals surface area contributed by atoms with E-state index in [0.717, 1.165) is 5.92 Å². The molecule has 0 saturated heterocycles. The number of hydrogen-bond donors (Lipinski definition) is 1. The molecular formula is C13H19N. The Bertz CT molecular complexity index is 268. The van der Waals surface area contributed by atoms with E-state index in [1.807, 2.05) is 0 Å². The van der Waals surface area contributed by atoms with Crippen LogP contribution in [0.3, 0.4) is 0 Å². The molecule has 0 radical (unpaired) electrons. The SMILES string of the molecule is C[C@@H]1CCC[C@H](Nc2ccccc2)C1. The van der Waals surface area contributed by atoms with Crippen LogP contribution in [0, 0.1) is 5.92 Å². The highest BCUT2D eigenvalue weighted by atomic mass is 14.9. The molecule has 0 bridgehead atoms. The third-order valence-electron chi connectivity index (χ3n) is 3.08. The van der Waals surface area contributed by atoms with Crippen molar-refractivity contribution < 1.29 is 0 Å². The third-order valence-corrected chi connectivity index (χ3v) is 3.08. The number of hydrogen-bond acceptors (Lipinski definition) is 1. The van der Waals surface area contributed by atoms with Crippen molar-refractivity contribution >= 4 is 5.69 Å². The summed E-state index contributed by atoms with van der Waals surface area (Å²) in [6.45, 7) is 2.36. The Labute approximate surface area is 86.5 Å². The van der Waals surface area contributed by atoms with Crippen LogP contribution in [0.1, 0.15) is 32.6 Å². The first-order chi connectivity index (χ1) is 6.84. The normalized spacial score (nSPS) is 27.2. The van der Waals surface area contributed by atoms with Crippen molar-refractivity contribution in [1.29, 1.82) is 0 Å². The molecule has 1 aliphatic carbocycles. The molecule has 0 spiro atoms. The Kier molecular flexibility index (Phi) is 3.07. The molecule has 1 heteroatoms. The Morgan fingerprint density at radius 1 is 1.14 bits per heavy atom. The van der Waals surface area contributed by atoms with Gasteiger partial charge in [-0.3, -0.25) is 0 Å². The molecular weight excluding hydrogens is 170 g/mol. The van der Waals surface area contributed by atoms with E-state index in [0.29, 0.717) is 6.04 Å². The van der Waals surface area contributed by atoms with E-state index >= 15 is 0 Å². The summed E-state index contributed by atoms with van der Waals surface area (Å²) in [4.78, 5) is 0. The molecule has 2 atom stereocenters. The molecule has 1 aromatic carbocycles. The Morgan fingerprint density at radius 3 is 2.64 bits per heavy atom. The zero-order valence-corrected chi connectivity index (χ0v) is 8.87. The zero-order chi connectivity index (χ0) is 9.80. The summed E-state index contributed by atoms with van der Waals surface area (Å²) >= 11 is 0. The molecule has 14 heavy (non-hydrogen) atoms. The highest BCUT2D eigenvalue weighted by Gasteiger charge is 2.18. The summed E-state index contributed by atoms with van der Waals surface area (Å²) in [6.07, 6.45) is 5.45.